The lowest BCUT2D eigenvalue weighted by molar-refractivity contribution is -0.112. The molecule has 0 aliphatic heterocycles. The lowest BCUT2D eigenvalue weighted by atomic mass is 9.95. The summed E-state index contributed by atoms with van der Waals surface area (Å²) in [7, 11) is 1.54. The molecule has 2 amide bonds. The Morgan fingerprint density at radius 3 is 2.62 bits per heavy atom. The number of thiophene rings is 1. The summed E-state index contributed by atoms with van der Waals surface area (Å²) in [5.74, 6) is -0.522. The average Bonchev–Trinajstić information content (AvgIpc) is 3.31. The molecule has 11 heteroatoms. The van der Waals surface area contributed by atoms with Gasteiger partial charge in [-0.05, 0) is 73.7 Å². The van der Waals surface area contributed by atoms with Crippen LogP contribution in [-0.2, 0) is 17.6 Å². The van der Waals surface area contributed by atoms with Crippen LogP contribution in [0.25, 0.3) is 11.7 Å². The molecule has 0 bridgehead atoms. The van der Waals surface area contributed by atoms with Crippen LogP contribution in [0.5, 0.6) is 17.4 Å². The topological polar surface area (TPSA) is 149 Å². The molecule has 1 aromatic carbocycles. The summed E-state index contributed by atoms with van der Waals surface area (Å²) in [6, 6.07) is 13.5. The number of nitrogens with one attached hydrogen (secondary N) is 1. The molecule has 3 aromatic heterocycles. The van der Waals surface area contributed by atoms with Crippen molar-refractivity contribution in [3.63, 3.8) is 0 Å². The Hall–Kier alpha value is -4.95. The number of primary amides is 1. The standard InChI is InChI=1S/C28H23N5O5S/c1-37-17-9-11-18(12-10-17)38-26-20(28(36)33-13-5-4-8-22(33)31-26)14-16(15-29)25(35)32-27-23(24(30)34)19-6-2-3-7-21(19)39-27/h4-5,8-14H,2-3,6-7H2,1H3,(H2,30,34)(H,32,35). The van der Waals surface area contributed by atoms with Crippen LogP contribution in [0.1, 0.15) is 39.2 Å². The Labute approximate surface area is 226 Å². The second-order valence-electron chi connectivity index (χ2n) is 8.75. The summed E-state index contributed by atoms with van der Waals surface area (Å²) in [4.78, 5) is 44.3. The van der Waals surface area contributed by atoms with Crippen LogP contribution in [-0.4, -0.2) is 28.3 Å². The molecule has 3 heterocycles. The number of ether oxygens (including phenoxy) is 2. The molecule has 0 atom stereocenters. The number of carbonyl (C=O) groups is 2. The van der Waals surface area contributed by atoms with Gasteiger partial charge >= 0.3 is 0 Å². The number of pyridine rings is 1. The number of nitriles is 1. The number of nitrogens with two attached hydrogens (primary N) is 1. The number of aromatic nitrogens is 2. The van der Waals surface area contributed by atoms with E-state index in [0.717, 1.165) is 35.8 Å². The zero-order valence-electron chi connectivity index (χ0n) is 20.9. The van der Waals surface area contributed by atoms with Crippen molar-refractivity contribution in [3.8, 4) is 23.4 Å². The minimum atomic E-state index is -0.786. The number of fused-ring (bicyclic) bond motifs is 2. The molecule has 0 unspecified atom stereocenters. The van der Waals surface area contributed by atoms with Crippen molar-refractivity contribution in [3.05, 3.63) is 86.2 Å². The third-order valence-corrected chi connectivity index (χ3v) is 7.51. The molecule has 0 saturated carbocycles. The molecule has 0 saturated heterocycles. The molecule has 5 rings (SSSR count). The number of aryl methyl sites for hydroxylation is 1. The Morgan fingerprint density at radius 2 is 1.90 bits per heavy atom. The molecule has 4 aromatic rings. The highest BCUT2D eigenvalue weighted by molar-refractivity contribution is 7.17. The first-order valence-corrected chi connectivity index (χ1v) is 12.9. The summed E-state index contributed by atoms with van der Waals surface area (Å²) in [6.45, 7) is 0. The second kappa shape index (κ2) is 10.8. The molecule has 196 valence electrons. The molecule has 0 spiro atoms. The quantitative estimate of drug-likeness (QED) is 0.264. The van der Waals surface area contributed by atoms with Crippen LogP contribution in [0.15, 0.2) is 59.0 Å². The van der Waals surface area contributed by atoms with E-state index in [-0.39, 0.29) is 22.6 Å². The second-order valence-corrected chi connectivity index (χ2v) is 9.85. The first kappa shape index (κ1) is 25.7. The number of methoxy groups -OCH3 is 1. The van der Waals surface area contributed by atoms with Crippen LogP contribution in [0, 0.1) is 11.3 Å². The van der Waals surface area contributed by atoms with E-state index in [1.165, 1.54) is 29.0 Å². The summed E-state index contributed by atoms with van der Waals surface area (Å²) >= 11 is 1.28. The first-order valence-electron chi connectivity index (χ1n) is 12.1. The van der Waals surface area contributed by atoms with Gasteiger partial charge in [0.2, 0.25) is 5.88 Å². The van der Waals surface area contributed by atoms with Crippen molar-refractivity contribution < 1.29 is 19.1 Å². The molecule has 1 aliphatic rings. The van der Waals surface area contributed by atoms with Crippen LogP contribution in [0.2, 0.25) is 0 Å². The fourth-order valence-electron chi connectivity index (χ4n) is 4.42. The number of benzene rings is 1. The van der Waals surface area contributed by atoms with E-state index < -0.39 is 17.4 Å². The Kier molecular flexibility index (Phi) is 7.12. The highest BCUT2D eigenvalue weighted by Crippen LogP contribution is 2.38. The Morgan fingerprint density at radius 1 is 1.15 bits per heavy atom. The molecule has 0 radical (unpaired) electrons. The van der Waals surface area contributed by atoms with Gasteiger partial charge in [-0.3, -0.25) is 18.8 Å². The molecule has 39 heavy (non-hydrogen) atoms. The van der Waals surface area contributed by atoms with Gasteiger partial charge in [0.25, 0.3) is 17.4 Å². The van der Waals surface area contributed by atoms with Gasteiger partial charge in [0.1, 0.15) is 39.4 Å². The molecular weight excluding hydrogens is 518 g/mol. The zero-order chi connectivity index (χ0) is 27.5. The number of amides is 2. The summed E-state index contributed by atoms with van der Waals surface area (Å²) < 4.78 is 12.4. The van der Waals surface area contributed by atoms with Gasteiger partial charge in [0.15, 0.2) is 0 Å². The van der Waals surface area contributed by atoms with E-state index in [1.807, 2.05) is 6.07 Å². The highest BCUT2D eigenvalue weighted by atomic mass is 32.1. The molecule has 0 fully saturated rings. The SMILES string of the molecule is COc1ccc(Oc2nc3ccccn3c(=O)c2C=C(C#N)C(=O)Nc2sc3c(c2C(N)=O)CCCC3)cc1. The van der Waals surface area contributed by atoms with Crippen LogP contribution in [0.3, 0.4) is 0 Å². The zero-order valence-corrected chi connectivity index (χ0v) is 21.7. The first-order chi connectivity index (χ1) is 18.9. The van der Waals surface area contributed by atoms with Gasteiger partial charge in [0.05, 0.1) is 12.7 Å². The highest BCUT2D eigenvalue weighted by Gasteiger charge is 2.26. The van der Waals surface area contributed by atoms with E-state index in [0.29, 0.717) is 28.6 Å². The number of anilines is 1. The number of hydrogen-bond acceptors (Lipinski definition) is 8. The third-order valence-electron chi connectivity index (χ3n) is 6.31. The largest absolute Gasteiger partial charge is 0.497 e. The van der Waals surface area contributed by atoms with Gasteiger partial charge in [-0.2, -0.15) is 10.2 Å². The normalized spacial score (nSPS) is 12.9. The minimum absolute atomic E-state index is 0.0821. The Bertz CT molecular complexity index is 1730. The fourth-order valence-corrected chi connectivity index (χ4v) is 5.71. The monoisotopic (exact) mass is 541 g/mol. The van der Waals surface area contributed by atoms with Crippen molar-refractivity contribution in [2.75, 3.05) is 12.4 Å². The van der Waals surface area contributed by atoms with E-state index in [1.54, 1.807) is 42.5 Å². The van der Waals surface area contributed by atoms with Gasteiger partial charge in [-0.15, -0.1) is 11.3 Å². The molecule has 10 nitrogen and oxygen atoms in total. The van der Waals surface area contributed by atoms with E-state index in [4.69, 9.17) is 15.2 Å². The lowest BCUT2D eigenvalue weighted by Gasteiger charge is -2.11. The number of hydrogen-bond donors (Lipinski definition) is 2. The van der Waals surface area contributed by atoms with Gasteiger partial charge in [-0.1, -0.05) is 6.07 Å². The van der Waals surface area contributed by atoms with Crippen molar-refractivity contribution in [1.29, 1.82) is 5.26 Å². The Balaban J connectivity index is 1.55. The number of rotatable bonds is 7. The van der Waals surface area contributed by atoms with Crippen molar-refractivity contribution in [2.45, 2.75) is 25.7 Å². The van der Waals surface area contributed by atoms with Crippen molar-refractivity contribution >= 4 is 39.9 Å². The number of carbonyl (C=O) groups excluding carboxylic acids is 2. The molecular formula is C28H23N5O5S. The summed E-state index contributed by atoms with van der Waals surface area (Å²) in [6.07, 6.45) is 6.07. The lowest BCUT2D eigenvalue weighted by Crippen LogP contribution is -2.21. The van der Waals surface area contributed by atoms with E-state index in [9.17, 15) is 19.6 Å². The van der Waals surface area contributed by atoms with Crippen LogP contribution in [0.4, 0.5) is 5.00 Å². The maximum absolute atomic E-state index is 13.4. The van der Waals surface area contributed by atoms with Crippen LogP contribution >= 0.6 is 11.3 Å². The molecule has 1 aliphatic carbocycles. The van der Waals surface area contributed by atoms with Gasteiger partial charge < -0.3 is 20.5 Å². The maximum Gasteiger partial charge on any atom is 0.269 e. The smallest absolute Gasteiger partial charge is 0.269 e. The third kappa shape index (κ3) is 5.10. The van der Waals surface area contributed by atoms with Gasteiger partial charge in [0, 0.05) is 11.1 Å². The summed E-state index contributed by atoms with van der Waals surface area (Å²) in [5.41, 5.74) is 6.08. The predicted octanol–water partition coefficient (Wildman–Crippen LogP) is 4.08. The minimum Gasteiger partial charge on any atom is -0.497 e. The van der Waals surface area contributed by atoms with E-state index >= 15 is 0 Å². The summed E-state index contributed by atoms with van der Waals surface area (Å²) in [5, 5.41) is 12.8. The average molecular weight is 542 g/mol. The molecule has 3 N–H and O–H groups in total. The van der Waals surface area contributed by atoms with E-state index in [2.05, 4.69) is 10.3 Å². The number of nitrogens with zero attached hydrogens (tertiary/aromatic N) is 3. The fraction of sp³-hybridized carbons (Fsp3) is 0.179. The van der Waals surface area contributed by atoms with Crippen molar-refractivity contribution in [2.24, 2.45) is 5.73 Å². The maximum atomic E-state index is 13.4. The van der Waals surface area contributed by atoms with Crippen LogP contribution < -0.4 is 26.1 Å². The predicted molar refractivity (Wildman–Crippen MR) is 146 cm³/mol. The van der Waals surface area contributed by atoms with Gasteiger partial charge in [-0.25, -0.2) is 0 Å². The van der Waals surface area contributed by atoms with Crippen molar-refractivity contribution in [1.82, 2.24) is 9.38 Å².